The third-order valence-electron chi connectivity index (χ3n) is 3.41. The third kappa shape index (κ3) is 3.82. The molecule has 6 heteroatoms. The predicted molar refractivity (Wildman–Crippen MR) is 87.7 cm³/mol. The van der Waals surface area contributed by atoms with Gasteiger partial charge in [-0.05, 0) is 39.0 Å². The molecule has 1 fully saturated rings. The van der Waals surface area contributed by atoms with Gasteiger partial charge in [-0.25, -0.2) is 4.79 Å². The lowest BCUT2D eigenvalue weighted by Gasteiger charge is -2.37. The van der Waals surface area contributed by atoms with Crippen molar-refractivity contribution in [2.45, 2.75) is 26.4 Å². The number of rotatable bonds is 1. The maximum absolute atomic E-state index is 12.0. The highest BCUT2D eigenvalue weighted by Crippen LogP contribution is 2.24. The van der Waals surface area contributed by atoms with Gasteiger partial charge in [0, 0.05) is 33.3 Å². The number of ether oxygens (including phenoxy) is 1. The number of nitrogens with zero attached hydrogens (tertiary/aromatic N) is 3. The van der Waals surface area contributed by atoms with Crippen LogP contribution < -0.4 is 10.6 Å². The Morgan fingerprint density at radius 1 is 1.32 bits per heavy atom. The molecule has 0 aliphatic carbocycles. The molecule has 1 saturated heterocycles. The van der Waals surface area contributed by atoms with Gasteiger partial charge in [0.05, 0.1) is 11.3 Å². The van der Waals surface area contributed by atoms with Crippen molar-refractivity contribution in [1.82, 2.24) is 4.90 Å². The molecule has 2 rings (SSSR count). The molecule has 1 aliphatic heterocycles. The zero-order valence-electron chi connectivity index (χ0n) is 13.3. The third-order valence-corrected chi connectivity index (χ3v) is 3.41. The monoisotopic (exact) mass is 304 g/mol. The average Bonchev–Trinajstić information content (AvgIpc) is 2.45. The van der Waals surface area contributed by atoms with Gasteiger partial charge in [0.25, 0.3) is 0 Å². The first-order valence-electron chi connectivity index (χ1n) is 7.32. The summed E-state index contributed by atoms with van der Waals surface area (Å²) in [4.78, 5) is 15.8. The maximum Gasteiger partial charge on any atom is 0.410 e. The van der Waals surface area contributed by atoms with Gasteiger partial charge >= 0.3 is 6.09 Å². The smallest absolute Gasteiger partial charge is 0.410 e. The van der Waals surface area contributed by atoms with Gasteiger partial charge in [-0.3, -0.25) is 0 Å². The van der Waals surface area contributed by atoms with Gasteiger partial charge in [0.1, 0.15) is 11.7 Å². The largest absolute Gasteiger partial charge is 0.444 e. The minimum atomic E-state index is -0.487. The van der Waals surface area contributed by atoms with Crippen molar-refractivity contribution in [3.63, 3.8) is 0 Å². The fraction of sp³-hybridized carbons (Fsp3) is 0.500. The normalized spacial score (nSPS) is 15.4. The van der Waals surface area contributed by atoms with Crippen LogP contribution in [0.4, 0.5) is 16.2 Å². The van der Waals surface area contributed by atoms with Gasteiger partial charge in [-0.15, -0.1) is 0 Å². The second-order valence-electron chi connectivity index (χ2n) is 6.34. The summed E-state index contributed by atoms with van der Waals surface area (Å²) in [5.74, 6) is 0. The van der Waals surface area contributed by atoms with Crippen LogP contribution >= 0.6 is 0 Å². The van der Waals surface area contributed by atoms with Crippen molar-refractivity contribution in [3.8, 4) is 6.07 Å². The standard InChI is InChI=1S/C16H22N4O2.H2/c1-16(2,3)22-15(21)20-8-6-19(7-9-20)14-5-4-13(18)10-12(14)11-17;/h4-5,10H,6-9,18H2,1-3H3;1H. The Morgan fingerprint density at radius 3 is 2.50 bits per heavy atom. The van der Waals surface area contributed by atoms with Crippen LogP contribution in [-0.2, 0) is 4.74 Å². The molecule has 0 bridgehead atoms. The minimum Gasteiger partial charge on any atom is -0.444 e. The van der Waals surface area contributed by atoms with E-state index in [0.717, 1.165) is 5.69 Å². The molecule has 6 nitrogen and oxygen atoms in total. The first-order chi connectivity index (χ1) is 10.3. The fourth-order valence-corrected chi connectivity index (χ4v) is 2.38. The summed E-state index contributed by atoms with van der Waals surface area (Å²) >= 11 is 0. The number of nitrogen functional groups attached to an aromatic ring is 1. The van der Waals surface area contributed by atoms with E-state index in [4.69, 9.17) is 10.5 Å². The van der Waals surface area contributed by atoms with Crippen molar-refractivity contribution in [2.24, 2.45) is 0 Å². The average molecular weight is 304 g/mol. The summed E-state index contributed by atoms with van der Waals surface area (Å²) in [6, 6.07) is 7.49. The van der Waals surface area contributed by atoms with Crippen LogP contribution in [0.5, 0.6) is 0 Å². The SMILES string of the molecule is CC(C)(C)OC(=O)N1CCN(c2ccc(N)cc2C#N)CC1.[HH]. The molecule has 0 radical (unpaired) electrons. The van der Waals surface area contributed by atoms with Crippen molar-refractivity contribution < 1.29 is 11.0 Å². The van der Waals surface area contributed by atoms with Gasteiger partial charge in [-0.1, -0.05) is 0 Å². The summed E-state index contributed by atoms with van der Waals surface area (Å²) in [5, 5.41) is 9.22. The van der Waals surface area contributed by atoms with E-state index in [-0.39, 0.29) is 7.52 Å². The highest BCUT2D eigenvalue weighted by Gasteiger charge is 2.26. The number of hydrogen-bond acceptors (Lipinski definition) is 5. The molecule has 120 valence electrons. The van der Waals surface area contributed by atoms with Crippen molar-refractivity contribution in [3.05, 3.63) is 23.8 Å². The molecule has 1 heterocycles. The van der Waals surface area contributed by atoms with Crippen LogP contribution in [0.3, 0.4) is 0 Å². The zero-order chi connectivity index (χ0) is 16.3. The number of piperazine rings is 1. The van der Waals surface area contributed by atoms with Gasteiger partial charge in [0.2, 0.25) is 0 Å². The Hall–Kier alpha value is -2.42. The molecular weight excluding hydrogens is 280 g/mol. The lowest BCUT2D eigenvalue weighted by atomic mass is 10.1. The summed E-state index contributed by atoms with van der Waals surface area (Å²) in [5.41, 5.74) is 7.23. The summed E-state index contributed by atoms with van der Waals surface area (Å²) in [7, 11) is 0. The summed E-state index contributed by atoms with van der Waals surface area (Å²) in [6.45, 7) is 8.04. The van der Waals surface area contributed by atoms with E-state index in [1.165, 1.54) is 0 Å². The van der Waals surface area contributed by atoms with Gasteiger partial charge in [-0.2, -0.15) is 5.26 Å². The molecule has 22 heavy (non-hydrogen) atoms. The van der Waals surface area contributed by atoms with Crippen molar-refractivity contribution in [1.29, 1.82) is 5.26 Å². The number of benzene rings is 1. The van der Waals surface area contributed by atoms with Crippen LogP contribution in [0.1, 0.15) is 27.8 Å². The number of nitrogens with two attached hydrogens (primary N) is 1. The fourth-order valence-electron chi connectivity index (χ4n) is 2.38. The molecule has 0 saturated carbocycles. The van der Waals surface area contributed by atoms with E-state index >= 15 is 0 Å². The van der Waals surface area contributed by atoms with Crippen LogP contribution in [0.25, 0.3) is 0 Å². The highest BCUT2D eigenvalue weighted by molar-refractivity contribution is 5.69. The molecule has 1 aliphatic rings. The first kappa shape index (κ1) is 16.0. The maximum atomic E-state index is 12.0. The minimum absolute atomic E-state index is 0. The number of amides is 1. The number of carbonyl (C=O) groups excluding carboxylic acids is 1. The number of nitriles is 1. The Bertz CT molecular complexity index is 599. The van der Waals surface area contributed by atoms with Gasteiger partial charge < -0.3 is 20.3 Å². The molecule has 1 aromatic carbocycles. The van der Waals surface area contributed by atoms with Crippen LogP contribution in [0.2, 0.25) is 0 Å². The van der Waals surface area contributed by atoms with Gasteiger partial charge in [0.15, 0.2) is 0 Å². The van der Waals surface area contributed by atoms with E-state index in [1.807, 2.05) is 26.8 Å². The lowest BCUT2D eigenvalue weighted by molar-refractivity contribution is 0.0240. The molecule has 0 unspecified atom stereocenters. The molecule has 2 N–H and O–H groups in total. The van der Waals surface area contributed by atoms with Crippen molar-refractivity contribution in [2.75, 3.05) is 36.8 Å². The molecule has 1 amide bonds. The second-order valence-corrected chi connectivity index (χ2v) is 6.34. The summed E-state index contributed by atoms with van der Waals surface area (Å²) < 4.78 is 5.38. The zero-order valence-corrected chi connectivity index (χ0v) is 13.3. The van der Waals surface area contributed by atoms with E-state index in [2.05, 4.69) is 11.0 Å². The van der Waals surface area contributed by atoms with E-state index in [1.54, 1.807) is 17.0 Å². The Morgan fingerprint density at radius 2 is 1.95 bits per heavy atom. The lowest BCUT2D eigenvalue weighted by Crippen LogP contribution is -2.50. The Balaban J connectivity index is 0.00000264. The van der Waals surface area contributed by atoms with E-state index in [0.29, 0.717) is 37.4 Å². The molecule has 1 aromatic rings. The predicted octanol–water partition coefficient (Wildman–Crippen LogP) is 2.44. The van der Waals surface area contributed by atoms with E-state index in [9.17, 15) is 10.1 Å². The number of hydrogen-bond donors (Lipinski definition) is 1. The molecular formula is C16H24N4O2. The highest BCUT2D eigenvalue weighted by atomic mass is 16.6. The second kappa shape index (κ2) is 6.14. The number of anilines is 2. The van der Waals surface area contributed by atoms with Crippen LogP contribution in [-0.4, -0.2) is 42.8 Å². The van der Waals surface area contributed by atoms with Crippen molar-refractivity contribution >= 4 is 17.5 Å². The topological polar surface area (TPSA) is 82.6 Å². The summed E-state index contributed by atoms with van der Waals surface area (Å²) in [6.07, 6.45) is -0.287. The molecule has 0 spiro atoms. The van der Waals surface area contributed by atoms with Crippen LogP contribution in [0, 0.1) is 11.3 Å². The molecule has 0 atom stereocenters. The molecule has 0 aromatic heterocycles. The first-order valence-corrected chi connectivity index (χ1v) is 7.32. The Labute approximate surface area is 132 Å². The van der Waals surface area contributed by atoms with E-state index < -0.39 is 5.60 Å². The quantitative estimate of drug-likeness (QED) is 0.806. The number of carbonyl (C=O) groups is 1. The Kier molecular flexibility index (Phi) is 4.45. The van der Waals surface area contributed by atoms with Crippen LogP contribution in [0.15, 0.2) is 18.2 Å².